The van der Waals surface area contributed by atoms with Crippen molar-refractivity contribution in [3.63, 3.8) is 0 Å². The fraction of sp³-hybridized carbons (Fsp3) is 0.500. The second-order valence-corrected chi connectivity index (χ2v) is 8.51. The highest BCUT2D eigenvalue weighted by Crippen LogP contribution is 2.33. The Hall–Kier alpha value is -2.33. The summed E-state index contributed by atoms with van der Waals surface area (Å²) >= 11 is 0. The third kappa shape index (κ3) is 5.85. The molecule has 0 unspecified atom stereocenters. The summed E-state index contributed by atoms with van der Waals surface area (Å²) in [6, 6.07) is 15.0. The van der Waals surface area contributed by atoms with Gasteiger partial charge < -0.3 is 14.2 Å². The Bertz CT molecular complexity index is 785. The SMILES string of the molecule is O=C(Oc1ccc(C2CCCCC2)cc1)c1ccc(OCOC2CCCCC2)cc1. The van der Waals surface area contributed by atoms with E-state index in [4.69, 9.17) is 14.2 Å². The van der Waals surface area contributed by atoms with Gasteiger partial charge in [0.15, 0.2) is 6.79 Å². The van der Waals surface area contributed by atoms with Gasteiger partial charge in [0.1, 0.15) is 11.5 Å². The molecule has 0 radical (unpaired) electrons. The number of rotatable bonds is 7. The van der Waals surface area contributed by atoms with Crippen molar-refractivity contribution in [2.45, 2.75) is 76.2 Å². The molecule has 2 aromatic rings. The Kier molecular flexibility index (Phi) is 7.41. The van der Waals surface area contributed by atoms with Crippen LogP contribution in [0.5, 0.6) is 11.5 Å². The number of hydrogen-bond donors (Lipinski definition) is 0. The molecule has 2 aliphatic carbocycles. The van der Waals surface area contributed by atoms with E-state index in [1.165, 1.54) is 56.9 Å². The van der Waals surface area contributed by atoms with Crippen molar-refractivity contribution in [2.24, 2.45) is 0 Å². The number of esters is 1. The van der Waals surface area contributed by atoms with Gasteiger partial charge in [0.05, 0.1) is 11.7 Å². The zero-order valence-electron chi connectivity index (χ0n) is 17.7. The van der Waals surface area contributed by atoms with Gasteiger partial charge in [-0.05, 0) is 73.6 Å². The average molecular weight is 409 g/mol. The summed E-state index contributed by atoms with van der Waals surface area (Å²) in [6.45, 7) is 0.252. The lowest BCUT2D eigenvalue weighted by Gasteiger charge is -2.22. The van der Waals surface area contributed by atoms with Crippen LogP contribution in [0.15, 0.2) is 48.5 Å². The van der Waals surface area contributed by atoms with E-state index in [1.807, 2.05) is 12.1 Å². The molecule has 2 saturated carbocycles. The highest BCUT2D eigenvalue weighted by atomic mass is 16.7. The summed E-state index contributed by atoms with van der Waals surface area (Å²) in [5.74, 6) is 1.57. The van der Waals surface area contributed by atoms with Gasteiger partial charge in [-0.15, -0.1) is 0 Å². The monoisotopic (exact) mass is 408 g/mol. The summed E-state index contributed by atoms with van der Waals surface area (Å²) < 4.78 is 17.0. The Labute approximate surface area is 179 Å². The van der Waals surface area contributed by atoms with E-state index in [-0.39, 0.29) is 12.8 Å². The van der Waals surface area contributed by atoms with Gasteiger partial charge in [0.25, 0.3) is 0 Å². The van der Waals surface area contributed by atoms with Crippen molar-refractivity contribution in [1.29, 1.82) is 0 Å². The van der Waals surface area contributed by atoms with E-state index in [2.05, 4.69) is 12.1 Å². The topological polar surface area (TPSA) is 44.8 Å². The summed E-state index contributed by atoms with van der Waals surface area (Å²) in [5.41, 5.74) is 1.86. The van der Waals surface area contributed by atoms with Crippen LogP contribution in [0.25, 0.3) is 0 Å². The fourth-order valence-corrected chi connectivity index (χ4v) is 4.53. The molecule has 30 heavy (non-hydrogen) atoms. The predicted molar refractivity (Wildman–Crippen MR) is 117 cm³/mol. The van der Waals surface area contributed by atoms with Gasteiger partial charge in [0.2, 0.25) is 0 Å². The second-order valence-electron chi connectivity index (χ2n) is 8.51. The predicted octanol–water partition coefficient (Wildman–Crippen LogP) is 6.64. The van der Waals surface area contributed by atoms with Gasteiger partial charge in [-0.1, -0.05) is 50.7 Å². The lowest BCUT2D eigenvalue weighted by atomic mass is 9.84. The number of benzene rings is 2. The maximum Gasteiger partial charge on any atom is 0.343 e. The molecule has 0 spiro atoms. The maximum atomic E-state index is 12.4. The molecule has 0 amide bonds. The minimum Gasteiger partial charge on any atom is -0.468 e. The number of carbonyl (C=O) groups is 1. The second kappa shape index (κ2) is 10.6. The van der Waals surface area contributed by atoms with Gasteiger partial charge >= 0.3 is 5.97 Å². The standard InChI is InChI=1S/C26H32O4/c27-26(30-25-17-11-21(12-18-25)20-7-3-1-4-8-20)22-13-15-24(16-14-22)29-19-28-23-9-5-2-6-10-23/h11-18,20,23H,1-10,19H2. The van der Waals surface area contributed by atoms with E-state index in [1.54, 1.807) is 24.3 Å². The van der Waals surface area contributed by atoms with Crippen LogP contribution in [0.3, 0.4) is 0 Å². The molecular weight excluding hydrogens is 376 g/mol. The Morgan fingerprint density at radius 1 is 0.733 bits per heavy atom. The highest BCUT2D eigenvalue weighted by molar-refractivity contribution is 5.91. The van der Waals surface area contributed by atoms with Crippen LogP contribution < -0.4 is 9.47 Å². The molecule has 0 aliphatic heterocycles. The van der Waals surface area contributed by atoms with Crippen LogP contribution in [0, 0.1) is 0 Å². The van der Waals surface area contributed by atoms with Crippen molar-refractivity contribution in [3.05, 3.63) is 59.7 Å². The van der Waals surface area contributed by atoms with Crippen molar-refractivity contribution < 1.29 is 19.0 Å². The smallest absolute Gasteiger partial charge is 0.343 e. The van der Waals surface area contributed by atoms with Gasteiger partial charge in [0, 0.05) is 0 Å². The van der Waals surface area contributed by atoms with Crippen molar-refractivity contribution in [3.8, 4) is 11.5 Å². The zero-order valence-corrected chi connectivity index (χ0v) is 17.7. The van der Waals surface area contributed by atoms with E-state index in [0.29, 0.717) is 29.1 Å². The van der Waals surface area contributed by atoms with Crippen molar-refractivity contribution >= 4 is 5.97 Å². The third-order valence-corrected chi connectivity index (χ3v) is 6.34. The summed E-state index contributed by atoms with van der Waals surface area (Å²) in [5, 5.41) is 0. The lowest BCUT2D eigenvalue weighted by molar-refractivity contribution is -0.0496. The molecule has 2 aliphatic rings. The Morgan fingerprint density at radius 3 is 2.00 bits per heavy atom. The molecule has 0 N–H and O–H groups in total. The summed E-state index contributed by atoms with van der Waals surface area (Å²) in [7, 11) is 0. The summed E-state index contributed by atoms with van der Waals surface area (Å²) in [4.78, 5) is 12.4. The molecule has 2 aromatic carbocycles. The zero-order chi connectivity index (χ0) is 20.6. The maximum absolute atomic E-state index is 12.4. The van der Waals surface area contributed by atoms with E-state index in [0.717, 1.165) is 12.8 Å². The van der Waals surface area contributed by atoms with Gasteiger partial charge in [-0.2, -0.15) is 0 Å². The van der Waals surface area contributed by atoms with Crippen LogP contribution in [-0.4, -0.2) is 18.9 Å². The Balaban J connectivity index is 1.25. The highest BCUT2D eigenvalue weighted by Gasteiger charge is 2.16. The van der Waals surface area contributed by atoms with Crippen LogP contribution in [0.4, 0.5) is 0 Å². The van der Waals surface area contributed by atoms with E-state index in [9.17, 15) is 4.79 Å². The first-order chi connectivity index (χ1) is 14.8. The molecule has 0 heterocycles. The first kappa shape index (κ1) is 20.9. The normalized spacial score (nSPS) is 18.1. The third-order valence-electron chi connectivity index (χ3n) is 6.34. The van der Waals surface area contributed by atoms with E-state index < -0.39 is 0 Å². The van der Waals surface area contributed by atoms with Crippen LogP contribution in [-0.2, 0) is 4.74 Å². The molecule has 160 valence electrons. The number of carbonyl (C=O) groups excluding carboxylic acids is 1. The molecule has 4 heteroatoms. The molecule has 4 rings (SSSR count). The van der Waals surface area contributed by atoms with Crippen LogP contribution in [0.2, 0.25) is 0 Å². The largest absolute Gasteiger partial charge is 0.468 e. The first-order valence-electron chi connectivity index (χ1n) is 11.4. The minimum absolute atomic E-state index is 0.252. The van der Waals surface area contributed by atoms with Crippen LogP contribution >= 0.6 is 0 Å². The average Bonchev–Trinajstić information content (AvgIpc) is 2.81. The molecule has 0 atom stereocenters. The number of ether oxygens (including phenoxy) is 3. The number of hydrogen-bond acceptors (Lipinski definition) is 4. The fourth-order valence-electron chi connectivity index (χ4n) is 4.53. The van der Waals surface area contributed by atoms with E-state index >= 15 is 0 Å². The van der Waals surface area contributed by atoms with Crippen molar-refractivity contribution in [1.82, 2.24) is 0 Å². The molecule has 0 saturated heterocycles. The molecule has 0 bridgehead atoms. The van der Waals surface area contributed by atoms with Gasteiger partial charge in [-0.25, -0.2) is 4.79 Å². The quantitative estimate of drug-likeness (QED) is 0.293. The lowest BCUT2D eigenvalue weighted by Crippen LogP contribution is -2.19. The van der Waals surface area contributed by atoms with Crippen LogP contribution in [0.1, 0.15) is 86.0 Å². The van der Waals surface area contributed by atoms with Crippen molar-refractivity contribution in [2.75, 3.05) is 6.79 Å². The minimum atomic E-state index is -0.356. The van der Waals surface area contributed by atoms with Gasteiger partial charge in [-0.3, -0.25) is 0 Å². The molecule has 0 aromatic heterocycles. The Morgan fingerprint density at radius 2 is 1.33 bits per heavy atom. The molecule has 4 nitrogen and oxygen atoms in total. The summed E-state index contributed by atoms with van der Waals surface area (Å²) in [6.07, 6.45) is 12.9. The molecular formula is C26H32O4. The first-order valence-corrected chi connectivity index (χ1v) is 11.4. The molecule has 2 fully saturated rings.